The summed E-state index contributed by atoms with van der Waals surface area (Å²) >= 11 is 0. The number of likely N-dealkylation sites (N-methyl/N-ethyl adjacent to an activating group) is 1. The maximum absolute atomic E-state index is 12.5. The average molecular weight is 302 g/mol. The molecule has 0 saturated heterocycles. The maximum atomic E-state index is 12.5. The Morgan fingerprint density at radius 3 is 2.24 bits per heavy atom. The molecule has 1 aromatic rings. The standard InChI is InChI=1S/C15H21F3N2O/c1-10(8-14(21)20-9-11(2)19-3)12-4-6-13(7-5-12)15(16,17)18/h4-7,10-11,19H,8-9H2,1-3H3,(H,20,21). The zero-order chi connectivity index (χ0) is 16.0. The number of amides is 1. The van der Waals surface area contributed by atoms with E-state index in [2.05, 4.69) is 10.6 Å². The van der Waals surface area contributed by atoms with Crippen LogP contribution in [0.3, 0.4) is 0 Å². The van der Waals surface area contributed by atoms with E-state index in [0.29, 0.717) is 6.54 Å². The van der Waals surface area contributed by atoms with Gasteiger partial charge in [0.2, 0.25) is 5.91 Å². The molecule has 0 bridgehead atoms. The highest BCUT2D eigenvalue weighted by Gasteiger charge is 2.30. The molecule has 6 heteroatoms. The lowest BCUT2D eigenvalue weighted by Gasteiger charge is -2.15. The van der Waals surface area contributed by atoms with Gasteiger partial charge < -0.3 is 10.6 Å². The van der Waals surface area contributed by atoms with Crippen molar-refractivity contribution in [2.75, 3.05) is 13.6 Å². The summed E-state index contributed by atoms with van der Waals surface area (Å²) in [7, 11) is 1.81. The second kappa shape index (κ2) is 7.45. The Labute approximate surface area is 122 Å². The minimum atomic E-state index is -4.33. The molecule has 0 heterocycles. The zero-order valence-electron chi connectivity index (χ0n) is 12.4. The van der Waals surface area contributed by atoms with Crippen LogP contribution in [-0.4, -0.2) is 25.5 Å². The fourth-order valence-electron chi connectivity index (χ4n) is 1.84. The number of hydrogen-bond donors (Lipinski definition) is 2. The fourth-order valence-corrected chi connectivity index (χ4v) is 1.84. The van der Waals surface area contributed by atoms with Crippen molar-refractivity contribution in [2.24, 2.45) is 0 Å². The molecule has 1 aromatic carbocycles. The molecule has 2 atom stereocenters. The third-order valence-electron chi connectivity index (χ3n) is 3.40. The molecule has 2 N–H and O–H groups in total. The van der Waals surface area contributed by atoms with E-state index in [1.54, 1.807) is 0 Å². The lowest BCUT2D eigenvalue weighted by molar-refractivity contribution is -0.137. The normalized spacial score (nSPS) is 14.6. The van der Waals surface area contributed by atoms with Gasteiger partial charge in [-0.2, -0.15) is 13.2 Å². The van der Waals surface area contributed by atoms with Crippen molar-refractivity contribution < 1.29 is 18.0 Å². The number of hydrogen-bond acceptors (Lipinski definition) is 2. The lowest BCUT2D eigenvalue weighted by Crippen LogP contribution is -2.37. The smallest absolute Gasteiger partial charge is 0.355 e. The predicted octanol–water partition coefficient (Wildman–Crippen LogP) is 2.92. The van der Waals surface area contributed by atoms with Gasteiger partial charge in [-0.15, -0.1) is 0 Å². The Bertz CT molecular complexity index is 457. The molecule has 1 rings (SSSR count). The van der Waals surface area contributed by atoms with E-state index in [1.165, 1.54) is 12.1 Å². The van der Waals surface area contributed by atoms with Crippen LogP contribution in [0.15, 0.2) is 24.3 Å². The number of benzene rings is 1. The van der Waals surface area contributed by atoms with Crippen molar-refractivity contribution in [1.29, 1.82) is 0 Å². The van der Waals surface area contributed by atoms with Crippen molar-refractivity contribution in [3.05, 3.63) is 35.4 Å². The number of carbonyl (C=O) groups excluding carboxylic acids is 1. The van der Waals surface area contributed by atoms with Gasteiger partial charge in [0.15, 0.2) is 0 Å². The molecular weight excluding hydrogens is 281 g/mol. The fraction of sp³-hybridized carbons (Fsp3) is 0.533. The van der Waals surface area contributed by atoms with Crippen LogP contribution in [-0.2, 0) is 11.0 Å². The van der Waals surface area contributed by atoms with Gasteiger partial charge in [0.05, 0.1) is 5.56 Å². The number of nitrogens with one attached hydrogen (secondary N) is 2. The van der Waals surface area contributed by atoms with Gasteiger partial charge >= 0.3 is 6.18 Å². The molecule has 0 fully saturated rings. The molecule has 0 aliphatic carbocycles. The summed E-state index contributed by atoms with van der Waals surface area (Å²) in [5.74, 6) is -0.235. The molecule has 118 valence electrons. The Balaban J connectivity index is 2.55. The summed E-state index contributed by atoms with van der Waals surface area (Å²) in [6, 6.07) is 5.13. The maximum Gasteiger partial charge on any atom is 0.416 e. The molecule has 0 aliphatic heterocycles. The SMILES string of the molecule is CNC(C)CNC(=O)CC(C)c1ccc(C(F)(F)F)cc1. The van der Waals surface area contributed by atoms with Crippen LogP contribution >= 0.6 is 0 Å². The summed E-state index contributed by atoms with van der Waals surface area (Å²) < 4.78 is 37.4. The van der Waals surface area contributed by atoms with E-state index in [9.17, 15) is 18.0 Å². The third-order valence-corrected chi connectivity index (χ3v) is 3.40. The van der Waals surface area contributed by atoms with E-state index in [1.807, 2.05) is 20.9 Å². The van der Waals surface area contributed by atoms with Gasteiger partial charge in [-0.05, 0) is 37.6 Å². The first-order valence-corrected chi connectivity index (χ1v) is 6.85. The molecule has 1 amide bonds. The van der Waals surface area contributed by atoms with Gasteiger partial charge in [-0.3, -0.25) is 4.79 Å². The summed E-state index contributed by atoms with van der Waals surface area (Å²) in [6.07, 6.45) is -4.08. The monoisotopic (exact) mass is 302 g/mol. The molecule has 0 aromatic heterocycles. The number of halogens is 3. The first kappa shape index (κ1) is 17.5. The van der Waals surface area contributed by atoms with Crippen LogP contribution in [0.25, 0.3) is 0 Å². The highest BCUT2D eigenvalue weighted by molar-refractivity contribution is 5.76. The Hall–Kier alpha value is -1.56. The number of rotatable bonds is 6. The van der Waals surface area contributed by atoms with Crippen LogP contribution in [0.1, 0.15) is 37.3 Å². The largest absolute Gasteiger partial charge is 0.416 e. The molecule has 0 radical (unpaired) electrons. The van der Waals surface area contributed by atoms with Gasteiger partial charge in [-0.25, -0.2) is 0 Å². The minimum absolute atomic E-state index is 0.107. The predicted molar refractivity (Wildman–Crippen MR) is 76.0 cm³/mol. The Kier molecular flexibility index (Phi) is 6.20. The minimum Gasteiger partial charge on any atom is -0.355 e. The Morgan fingerprint density at radius 1 is 1.19 bits per heavy atom. The van der Waals surface area contributed by atoms with Crippen LogP contribution in [0.2, 0.25) is 0 Å². The molecular formula is C15H21F3N2O. The van der Waals surface area contributed by atoms with Crippen molar-refractivity contribution in [3.63, 3.8) is 0 Å². The van der Waals surface area contributed by atoms with Gasteiger partial charge in [0.1, 0.15) is 0 Å². The summed E-state index contributed by atoms with van der Waals surface area (Å²) in [6.45, 7) is 4.29. The zero-order valence-corrected chi connectivity index (χ0v) is 12.4. The second-order valence-electron chi connectivity index (χ2n) is 5.22. The Morgan fingerprint density at radius 2 is 1.76 bits per heavy atom. The molecule has 2 unspecified atom stereocenters. The summed E-state index contributed by atoms with van der Waals surface area (Å²) in [5.41, 5.74) is 0.0468. The molecule has 0 saturated carbocycles. The van der Waals surface area contributed by atoms with E-state index in [4.69, 9.17) is 0 Å². The molecule has 0 aliphatic rings. The van der Waals surface area contributed by atoms with Crippen LogP contribution in [0.5, 0.6) is 0 Å². The number of carbonyl (C=O) groups is 1. The van der Waals surface area contributed by atoms with Gasteiger partial charge in [0.25, 0.3) is 0 Å². The highest BCUT2D eigenvalue weighted by atomic mass is 19.4. The number of alkyl halides is 3. The first-order valence-electron chi connectivity index (χ1n) is 6.85. The third kappa shape index (κ3) is 5.75. The molecule has 21 heavy (non-hydrogen) atoms. The lowest BCUT2D eigenvalue weighted by atomic mass is 9.96. The van der Waals surface area contributed by atoms with Gasteiger partial charge in [0, 0.05) is 19.0 Å². The van der Waals surface area contributed by atoms with E-state index < -0.39 is 11.7 Å². The van der Waals surface area contributed by atoms with Crippen molar-refractivity contribution in [1.82, 2.24) is 10.6 Å². The first-order chi connectivity index (χ1) is 9.74. The van der Waals surface area contributed by atoms with Crippen LogP contribution in [0.4, 0.5) is 13.2 Å². The summed E-state index contributed by atoms with van der Waals surface area (Å²) in [5, 5.41) is 5.79. The van der Waals surface area contributed by atoms with Crippen LogP contribution < -0.4 is 10.6 Å². The molecule has 0 spiro atoms. The summed E-state index contributed by atoms with van der Waals surface area (Å²) in [4.78, 5) is 11.8. The topological polar surface area (TPSA) is 41.1 Å². The van der Waals surface area contributed by atoms with Crippen molar-refractivity contribution >= 4 is 5.91 Å². The van der Waals surface area contributed by atoms with Crippen molar-refractivity contribution in [2.45, 2.75) is 38.4 Å². The average Bonchev–Trinajstić information content (AvgIpc) is 2.43. The highest BCUT2D eigenvalue weighted by Crippen LogP contribution is 2.30. The van der Waals surface area contributed by atoms with Gasteiger partial charge in [-0.1, -0.05) is 19.1 Å². The van der Waals surface area contributed by atoms with E-state index in [-0.39, 0.29) is 24.3 Å². The van der Waals surface area contributed by atoms with Crippen molar-refractivity contribution in [3.8, 4) is 0 Å². The quantitative estimate of drug-likeness (QED) is 0.848. The van der Waals surface area contributed by atoms with E-state index >= 15 is 0 Å². The molecule has 3 nitrogen and oxygen atoms in total. The van der Waals surface area contributed by atoms with E-state index in [0.717, 1.165) is 17.7 Å². The second-order valence-corrected chi connectivity index (χ2v) is 5.22. The van der Waals surface area contributed by atoms with Crippen LogP contribution in [0, 0.1) is 0 Å².